The molecule has 0 unspecified atom stereocenters. The van der Waals surface area contributed by atoms with Crippen LogP contribution in [0.25, 0.3) is 0 Å². The fourth-order valence-corrected chi connectivity index (χ4v) is 3.75. The number of carbonyl (C=O) groups excluding carboxylic acids is 2. The number of aliphatic hydroxyl groups excluding tert-OH is 1. The molecule has 1 aliphatic heterocycles. The van der Waals surface area contributed by atoms with Crippen LogP contribution in [0.4, 0.5) is 0 Å². The minimum absolute atomic E-state index is 0.210. The Hall–Kier alpha value is -2.09. The van der Waals surface area contributed by atoms with Crippen LogP contribution in [-0.4, -0.2) is 65.2 Å². The molecular formula is C19H28N2O6. The van der Waals surface area contributed by atoms with Crippen LogP contribution in [0.2, 0.25) is 0 Å². The molecule has 3 N–H and O–H groups in total. The third kappa shape index (κ3) is 5.45. The molecule has 1 heterocycles. The molecule has 0 saturated heterocycles. The van der Waals surface area contributed by atoms with Crippen molar-refractivity contribution in [3.05, 3.63) is 11.3 Å². The molecule has 2 saturated carbocycles. The summed E-state index contributed by atoms with van der Waals surface area (Å²) in [5.41, 5.74) is -0.330. The maximum absolute atomic E-state index is 12.6. The third-order valence-corrected chi connectivity index (χ3v) is 5.57. The zero-order chi connectivity index (χ0) is 19.4. The Labute approximate surface area is 158 Å². The molecule has 0 aromatic heterocycles. The molecule has 8 nitrogen and oxygen atoms in total. The van der Waals surface area contributed by atoms with Crippen molar-refractivity contribution in [2.75, 3.05) is 26.2 Å². The summed E-state index contributed by atoms with van der Waals surface area (Å²) in [6.45, 7) is 1.21. The van der Waals surface area contributed by atoms with E-state index in [1.807, 2.05) is 0 Å². The fourth-order valence-electron chi connectivity index (χ4n) is 3.75. The minimum Gasteiger partial charge on any atom is -0.511 e. The first-order chi connectivity index (χ1) is 12.9. The van der Waals surface area contributed by atoms with Crippen LogP contribution in [0, 0.1) is 11.8 Å². The van der Waals surface area contributed by atoms with Gasteiger partial charge in [-0.15, -0.1) is 0 Å². The van der Waals surface area contributed by atoms with Gasteiger partial charge in [0.25, 0.3) is 11.8 Å². The first kappa shape index (κ1) is 19.7. The van der Waals surface area contributed by atoms with Crippen molar-refractivity contribution in [3.8, 4) is 0 Å². The summed E-state index contributed by atoms with van der Waals surface area (Å²) in [6.07, 6.45) is 7.05. The van der Waals surface area contributed by atoms with Crippen molar-refractivity contribution in [2.45, 2.75) is 51.0 Å². The van der Waals surface area contributed by atoms with E-state index in [4.69, 9.17) is 9.84 Å². The second-order valence-electron chi connectivity index (χ2n) is 7.82. The molecule has 8 heteroatoms. The number of aliphatic hydroxyl groups is 1. The molecular weight excluding hydrogens is 352 g/mol. The lowest BCUT2D eigenvalue weighted by molar-refractivity contribution is -0.138. The van der Waals surface area contributed by atoms with Crippen LogP contribution in [0.5, 0.6) is 0 Å². The number of hydrogen-bond acceptors (Lipinski definition) is 5. The summed E-state index contributed by atoms with van der Waals surface area (Å²) in [4.78, 5) is 36.9. The zero-order valence-corrected chi connectivity index (χ0v) is 15.5. The summed E-state index contributed by atoms with van der Waals surface area (Å²) in [5.74, 6) is -1.70. The van der Waals surface area contributed by atoms with Gasteiger partial charge in [0, 0.05) is 26.1 Å². The van der Waals surface area contributed by atoms with Crippen molar-refractivity contribution < 1.29 is 29.3 Å². The number of amides is 2. The van der Waals surface area contributed by atoms with E-state index in [-0.39, 0.29) is 17.8 Å². The number of nitrogens with one attached hydrogen (secondary N) is 1. The van der Waals surface area contributed by atoms with Crippen LogP contribution in [0.1, 0.15) is 44.9 Å². The number of rotatable bonds is 8. The molecule has 3 aliphatic rings. The van der Waals surface area contributed by atoms with Crippen LogP contribution in [-0.2, 0) is 19.1 Å². The maximum atomic E-state index is 12.6. The highest BCUT2D eigenvalue weighted by Crippen LogP contribution is 2.32. The van der Waals surface area contributed by atoms with E-state index in [2.05, 4.69) is 5.32 Å². The van der Waals surface area contributed by atoms with Gasteiger partial charge in [0.1, 0.15) is 17.9 Å². The van der Waals surface area contributed by atoms with Gasteiger partial charge >= 0.3 is 5.97 Å². The highest BCUT2D eigenvalue weighted by atomic mass is 16.5. The van der Waals surface area contributed by atoms with Gasteiger partial charge in [0.2, 0.25) is 0 Å². The topological polar surface area (TPSA) is 116 Å². The Bertz CT molecular complexity index is 620. The summed E-state index contributed by atoms with van der Waals surface area (Å²) >= 11 is 0. The Balaban J connectivity index is 1.48. The number of ether oxygens (including phenoxy) is 1. The van der Waals surface area contributed by atoms with Crippen molar-refractivity contribution >= 4 is 17.8 Å². The normalized spacial score (nSPS) is 26.2. The van der Waals surface area contributed by atoms with E-state index in [0.29, 0.717) is 25.1 Å². The average Bonchev–Trinajstić information content (AvgIpc) is 3.46. The van der Waals surface area contributed by atoms with Gasteiger partial charge in [-0.3, -0.25) is 14.4 Å². The van der Waals surface area contributed by atoms with E-state index in [1.54, 1.807) is 4.90 Å². The number of nitrogens with zero attached hydrogens (tertiary/aromatic N) is 1. The molecule has 0 spiro atoms. The summed E-state index contributed by atoms with van der Waals surface area (Å²) in [6, 6.07) is 0. The summed E-state index contributed by atoms with van der Waals surface area (Å²) in [5, 5.41) is 20.8. The molecule has 0 aromatic rings. The molecule has 0 atom stereocenters. The van der Waals surface area contributed by atoms with E-state index >= 15 is 0 Å². The van der Waals surface area contributed by atoms with Crippen LogP contribution >= 0.6 is 0 Å². The molecule has 0 bridgehead atoms. The Kier molecular flexibility index (Phi) is 6.36. The van der Waals surface area contributed by atoms with Gasteiger partial charge in [-0.2, -0.15) is 0 Å². The number of hydrogen-bond donors (Lipinski definition) is 3. The predicted octanol–water partition coefficient (Wildman–Crippen LogP) is 1.22. The van der Waals surface area contributed by atoms with Crippen molar-refractivity contribution in [1.82, 2.24) is 10.2 Å². The second kappa shape index (κ2) is 8.73. The lowest BCUT2D eigenvalue weighted by Crippen LogP contribution is -2.45. The number of carboxylic acids is 1. The fraction of sp³-hybridized carbons (Fsp3) is 0.737. The number of aliphatic carboxylic acids is 1. The van der Waals surface area contributed by atoms with Crippen LogP contribution in [0.15, 0.2) is 11.3 Å². The van der Waals surface area contributed by atoms with E-state index < -0.39 is 24.3 Å². The van der Waals surface area contributed by atoms with Crippen LogP contribution < -0.4 is 5.32 Å². The highest BCUT2D eigenvalue weighted by molar-refractivity contribution is 6.19. The largest absolute Gasteiger partial charge is 0.511 e. The maximum Gasteiger partial charge on any atom is 0.322 e. The molecule has 3 rings (SSSR count). The quantitative estimate of drug-likeness (QED) is 0.545. The Morgan fingerprint density at radius 3 is 2.41 bits per heavy atom. The summed E-state index contributed by atoms with van der Waals surface area (Å²) in [7, 11) is 0. The second-order valence-corrected chi connectivity index (χ2v) is 7.82. The first-order valence-electron chi connectivity index (χ1n) is 9.77. The van der Waals surface area contributed by atoms with Gasteiger partial charge in [0.05, 0.1) is 6.10 Å². The van der Waals surface area contributed by atoms with Gasteiger partial charge < -0.3 is 25.2 Å². The van der Waals surface area contributed by atoms with Gasteiger partial charge in [-0.25, -0.2) is 0 Å². The van der Waals surface area contributed by atoms with Gasteiger partial charge in [-0.05, 0) is 50.4 Å². The smallest absolute Gasteiger partial charge is 0.322 e. The van der Waals surface area contributed by atoms with E-state index in [9.17, 15) is 19.5 Å². The average molecular weight is 380 g/mol. The van der Waals surface area contributed by atoms with Gasteiger partial charge in [0.15, 0.2) is 0 Å². The predicted molar refractivity (Wildman–Crippen MR) is 95.9 cm³/mol. The van der Waals surface area contributed by atoms with Gasteiger partial charge in [-0.1, -0.05) is 0 Å². The molecule has 2 fully saturated rings. The Morgan fingerprint density at radius 2 is 1.78 bits per heavy atom. The molecule has 27 heavy (non-hydrogen) atoms. The molecule has 0 aromatic carbocycles. The van der Waals surface area contributed by atoms with Crippen molar-refractivity contribution in [1.29, 1.82) is 0 Å². The molecule has 2 amide bonds. The lowest BCUT2D eigenvalue weighted by Gasteiger charge is -2.34. The third-order valence-electron chi connectivity index (χ3n) is 5.57. The molecule has 0 radical (unpaired) electrons. The van der Waals surface area contributed by atoms with Crippen LogP contribution in [0.3, 0.4) is 0 Å². The standard InChI is InChI=1S/C19H28N2O6/c22-15-7-8-21(19(26)17(15)18(25)20-9-16(23)24)10-12-3-5-14(6-4-12)27-11-13-1-2-13/h12-14,22H,1-11H2,(H,20,25)(H,23,24)/t12-,14-. The van der Waals surface area contributed by atoms with E-state index in [0.717, 1.165) is 38.2 Å². The Morgan fingerprint density at radius 1 is 1.11 bits per heavy atom. The van der Waals surface area contributed by atoms with Crippen molar-refractivity contribution in [2.24, 2.45) is 11.8 Å². The monoisotopic (exact) mass is 380 g/mol. The lowest BCUT2D eigenvalue weighted by atomic mass is 9.86. The first-order valence-corrected chi connectivity index (χ1v) is 9.77. The SMILES string of the molecule is O=C(O)CNC(=O)C1=C(O)CCN(C[C@H]2CC[C@H](OCC3CC3)CC2)C1=O. The van der Waals surface area contributed by atoms with Crippen molar-refractivity contribution in [3.63, 3.8) is 0 Å². The molecule has 2 aliphatic carbocycles. The number of carbonyl (C=O) groups is 3. The number of carboxylic acid groups (broad SMARTS) is 1. The zero-order valence-electron chi connectivity index (χ0n) is 15.5. The highest BCUT2D eigenvalue weighted by Gasteiger charge is 2.34. The summed E-state index contributed by atoms with van der Waals surface area (Å²) < 4.78 is 5.95. The van der Waals surface area contributed by atoms with E-state index in [1.165, 1.54) is 12.8 Å². The molecule has 150 valence electrons. The minimum atomic E-state index is -1.20.